The number of hydrogen-bond donors (Lipinski definition) is 3. The number of hydrogen-bond acceptors (Lipinski definition) is 4. The van der Waals surface area contributed by atoms with Gasteiger partial charge in [-0.05, 0) is 5.92 Å². The average Bonchev–Trinajstić information content (AvgIpc) is 2.30. The Morgan fingerprint density at radius 1 is 1.50 bits per heavy atom. The molecule has 0 aromatic rings. The van der Waals surface area contributed by atoms with Crippen molar-refractivity contribution in [3.8, 4) is 0 Å². The molecule has 0 bridgehead atoms. The summed E-state index contributed by atoms with van der Waals surface area (Å²) in [5.74, 6) is 6.47. The van der Waals surface area contributed by atoms with E-state index in [1.807, 2.05) is 0 Å². The maximum atomic E-state index is 5.49. The van der Waals surface area contributed by atoms with Crippen molar-refractivity contribution in [3.63, 3.8) is 0 Å². The van der Waals surface area contributed by atoms with Crippen molar-refractivity contribution in [1.29, 1.82) is 0 Å². The van der Waals surface area contributed by atoms with E-state index in [9.17, 15) is 0 Å². The molecule has 1 rings (SSSR count). The number of aliphatic imine (C=N–C) groups is 1. The van der Waals surface area contributed by atoms with E-state index >= 15 is 0 Å². The van der Waals surface area contributed by atoms with Crippen molar-refractivity contribution in [2.45, 2.75) is 20.0 Å². The molecule has 0 aromatic heterocycles. The number of ether oxygens (including phenoxy) is 2. The summed E-state index contributed by atoms with van der Waals surface area (Å²) < 4.78 is 10.8. The van der Waals surface area contributed by atoms with Gasteiger partial charge >= 0.3 is 0 Å². The van der Waals surface area contributed by atoms with Gasteiger partial charge in [-0.2, -0.15) is 0 Å². The minimum Gasteiger partial charge on any atom is -0.376 e. The molecule has 0 spiro atoms. The molecule has 0 aliphatic carbocycles. The van der Waals surface area contributed by atoms with Gasteiger partial charge in [-0.15, -0.1) is 0 Å². The average molecular weight is 230 g/mol. The summed E-state index contributed by atoms with van der Waals surface area (Å²) in [7, 11) is 0. The minimum atomic E-state index is 0.0753. The molecule has 1 saturated heterocycles. The number of hydrazine groups is 1. The molecule has 0 radical (unpaired) electrons. The highest BCUT2D eigenvalue weighted by molar-refractivity contribution is 5.79. The molecule has 0 aromatic carbocycles. The molecule has 0 saturated carbocycles. The SMILES string of the molecule is CC(C)CN=C(NN)NCC1COCCO1. The van der Waals surface area contributed by atoms with Crippen molar-refractivity contribution in [1.82, 2.24) is 10.7 Å². The van der Waals surface area contributed by atoms with Gasteiger partial charge in [0.25, 0.3) is 0 Å². The van der Waals surface area contributed by atoms with E-state index in [4.69, 9.17) is 15.3 Å². The molecular formula is C10H22N4O2. The first-order valence-electron chi connectivity index (χ1n) is 5.66. The van der Waals surface area contributed by atoms with Gasteiger partial charge in [0.1, 0.15) is 0 Å². The van der Waals surface area contributed by atoms with Gasteiger partial charge in [0, 0.05) is 13.1 Å². The van der Waals surface area contributed by atoms with E-state index in [0.29, 0.717) is 38.2 Å². The van der Waals surface area contributed by atoms with Crippen LogP contribution in [0.2, 0.25) is 0 Å². The van der Waals surface area contributed by atoms with E-state index in [1.165, 1.54) is 0 Å². The lowest BCUT2D eigenvalue weighted by atomic mass is 10.2. The fourth-order valence-corrected chi connectivity index (χ4v) is 1.29. The molecule has 1 aliphatic heterocycles. The normalized spacial score (nSPS) is 22.2. The highest BCUT2D eigenvalue weighted by atomic mass is 16.6. The highest BCUT2D eigenvalue weighted by Gasteiger charge is 2.14. The Bertz CT molecular complexity index is 215. The fourth-order valence-electron chi connectivity index (χ4n) is 1.29. The zero-order valence-corrected chi connectivity index (χ0v) is 10.0. The third-order valence-electron chi connectivity index (χ3n) is 2.13. The summed E-state index contributed by atoms with van der Waals surface area (Å²) in [6, 6.07) is 0. The summed E-state index contributed by atoms with van der Waals surface area (Å²) in [6.45, 7) is 7.57. The first-order chi connectivity index (χ1) is 7.72. The number of nitrogens with zero attached hydrogens (tertiary/aromatic N) is 1. The van der Waals surface area contributed by atoms with Crippen LogP contribution in [0.5, 0.6) is 0 Å². The van der Waals surface area contributed by atoms with Crippen LogP contribution in [-0.2, 0) is 9.47 Å². The van der Waals surface area contributed by atoms with E-state index in [-0.39, 0.29) is 6.10 Å². The van der Waals surface area contributed by atoms with Gasteiger partial charge in [-0.3, -0.25) is 10.4 Å². The highest BCUT2D eigenvalue weighted by Crippen LogP contribution is 1.98. The summed E-state index contributed by atoms with van der Waals surface area (Å²) in [6.07, 6.45) is 0.0753. The summed E-state index contributed by atoms with van der Waals surface area (Å²) in [5.41, 5.74) is 2.54. The van der Waals surface area contributed by atoms with Crippen LogP contribution in [0, 0.1) is 5.92 Å². The van der Waals surface area contributed by atoms with Crippen LogP contribution in [0.25, 0.3) is 0 Å². The molecule has 6 heteroatoms. The monoisotopic (exact) mass is 230 g/mol. The first-order valence-corrected chi connectivity index (χ1v) is 5.66. The molecule has 16 heavy (non-hydrogen) atoms. The standard InChI is InChI=1S/C10H22N4O2/c1-8(2)5-12-10(14-11)13-6-9-7-15-3-4-16-9/h8-9H,3-7,11H2,1-2H3,(H2,12,13,14). The van der Waals surface area contributed by atoms with Crippen molar-refractivity contribution < 1.29 is 9.47 Å². The molecular weight excluding hydrogens is 208 g/mol. The Morgan fingerprint density at radius 2 is 2.31 bits per heavy atom. The van der Waals surface area contributed by atoms with Crippen LogP contribution in [0.4, 0.5) is 0 Å². The molecule has 1 heterocycles. The second-order valence-electron chi connectivity index (χ2n) is 4.18. The topological polar surface area (TPSA) is 80.9 Å². The lowest BCUT2D eigenvalue weighted by molar-refractivity contribution is -0.0850. The molecule has 0 amide bonds. The Kier molecular flexibility index (Phi) is 6.14. The lowest BCUT2D eigenvalue weighted by Crippen LogP contribution is -2.47. The molecule has 1 atom stereocenters. The second kappa shape index (κ2) is 7.43. The van der Waals surface area contributed by atoms with Crippen LogP contribution >= 0.6 is 0 Å². The maximum absolute atomic E-state index is 5.49. The van der Waals surface area contributed by atoms with E-state index in [0.717, 1.165) is 6.54 Å². The van der Waals surface area contributed by atoms with E-state index in [2.05, 4.69) is 29.6 Å². The number of nitrogens with two attached hydrogens (primary N) is 1. The Balaban J connectivity index is 2.24. The van der Waals surface area contributed by atoms with Gasteiger partial charge < -0.3 is 14.8 Å². The van der Waals surface area contributed by atoms with Crippen LogP contribution in [-0.4, -0.2) is 45.0 Å². The maximum Gasteiger partial charge on any atom is 0.205 e. The second-order valence-corrected chi connectivity index (χ2v) is 4.18. The van der Waals surface area contributed by atoms with Crippen LogP contribution < -0.4 is 16.6 Å². The summed E-state index contributed by atoms with van der Waals surface area (Å²) in [5, 5.41) is 3.10. The van der Waals surface area contributed by atoms with Crippen LogP contribution in [0.3, 0.4) is 0 Å². The minimum absolute atomic E-state index is 0.0753. The fraction of sp³-hybridized carbons (Fsp3) is 0.900. The Labute approximate surface area is 96.6 Å². The van der Waals surface area contributed by atoms with Crippen LogP contribution in [0.1, 0.15) is 13.8 Å². The third kappa shape index (κ3) is 5.29. The smallest absolute Gasteiger partial charge is 0.205 e. The van der Waals surface area contributed by atoms with Gasteiger partial charge in [-0.1, -0.05) is 13.8 Å². The van der Waals surface area contributed by atoms with Crippen molar-refractivity contribution in [3.05, 3.63) is 0 Å². The predicted molar refractivity (Wildman–Crippen MR) is 63.0 cm³/mol. The van der Waals surface area contributed by atoms with Gasteiger partial charge in [0.2, 0.25) is 5.96 Å². The van der Waals surface area contributed by atoms with Crippen LogP contribution in [0.15, 0.2) is 4.99 Å². The van der Waals surface area contributed by atoms with Crippen molar-refractivity contribution in [2.24, 2.45) is 16.8 Å². The Morgan fingerprint density at radius 3 is 2.88 bits per heavy atom. The van der Waals surface area contributed by atoms with E-state index < -0.39 is 0 Å². The predicted octanol–water partition coefficient (Wildman–Crippen LogP) is -0.533. The molecule has 1 aliphatic rings. The van der Waals surface area contributed by atoms with Gasteiger partial charge in [0.15, 0.2) is 0 Å². The number of rotatable bonds is 4. The summed E-state index contributed by atoms with van der Waals surface area (Å²) >= 11 is 0. The number of guanidine groups is 1. The zero-order valence-electron chi connectivity index (χ0n) is 10.0. The molecule has 6 nitrogen and oxygen atoms in total. The van der Waals surface area contributed by atoms with E-state index in [1.54, 1.807) is 0 Å². The van der Waals surface area contributed by atoms with Gasteiger partial charge in [0.05, 0.1) is 25.9 Å². The summed E-state index contributed by atoms with van der Waals surface area (Å²) in [4.78, 5) is 4.30. The number of nitrogens with one attached hydrogen (secondary N) is 2. The van der Waals surface area contributed by atoms with Crippen molar-refractivity contribution in [2.75, 3.05) is 32.9 Å². The largest absolute Gasteiger partial charge is 0.376 e. The Hall–Kier alpha value is -0.850. The quantitative estimate of drug-likeness (QED) is 0.262. The third-order valence-corrected chi connectivity index (χ3v) is 2.13. The molecule has 4 N–H and O–H groups in total. The lowest BCUT2D eigenvalue weighted by Gasteiger charge is -2.23. The van der Waals surface area contributed by atoms with Gasteiger partial charge in [-0.25, -0.2) is 5.84 Å². The molecule has 1 unspecified atom stereocenters. The molecule has 1 fully saturated rings. The first kappa shape index (κ1) is 13.2. The molecule has 94 valence electrons. The van der Waals surface area contributed by atoms with Crippen molar-refractivity contribution >= 4 is 5.96 Å². The zero-order chi connectivity index (χ0) is 11.8.